The second-order valence-corrected chi connectivity index (χ2v) is 4.89. The van der Waals surface area contributed by atoms with E-state index >= 15 is 0 Å². The van der Waals surface area contributed by atoms with Crippen LogP contribution in [0, 0.1) is 0 Å². The Bertz CT molecular complexity index is 432. The number of hydrogen-bond donors (Lipinski definition) is 2. The summed E-state index contributed by atoms with van der Waals surface area (Å²) in [4.78, 5) is 29.0. The van der Waals surface area contributed by atoms with E-state index < -0.39 is 6.04 Å². The second kappa shape index (κ2) is 6.34. The SMILES string of the molecule is CCN(C)C(=O)C(C)NC(=O)Cc1csc(N)n1. The Balaban J connectivity index is 2.47. The minimum atomic E-state index is -0.529. The van der Waals surface area contributed by atoms with Crippen LogP contribution in [0.5, 0.6) is 0 Å². The predicted octanol–water partition coefficient (Wildman–Crippen LogP) is 0.251. The molecule has 0 spiro atoms. The van der Waals surface area contributed by atoms with Crippen LogP contribution in [-0.2, 0) is 16.0 Å². The summed E-state index contributed by atoms with van der Waals surface area (Å²) in [5, 5.41) is 4.82. The van der Waals surface area contributed by atoms with Crippen molar-refractivity contribution in [1.82, 2.24) is 15.2 Å². The lowest BCUT2D eigenvalue weighted by Gasteiger charge is -2.20. The number of nitrogen functional groups attached to an aromatic ring is 1. The van der Waals surface area contributed by atoms with Crippen molar-refractivity contribution in [3.63, 3.8) is 0 Å². The van der Waals surface area contributed by atoms with Crippen LogP contribution >= 0.6 is 11.3 Å². The topological polar surface area (TPSA) is 88.3 Å². The zero-order valence-corrected chi connectivity index (χ0v) is 11.6. The van der Waals surface area contributed by atoms with Gasteiger partial charge < -0.3 is 16.0 Å². The number of nitrogens with zero attached hydrogens (tertiary/aromatic N) is 2. The highest BCUT2D eigenvalue weighted by molar-refractivity contribution is 7.13. The number of anilines is 1. The quantitative estimate of drug-likeness (QED) is 0.803. The second-order valence-electron chi connectivity index (χ2n) is 4.00. The molecule has 0 saturated heterocycles. The molecule has 0 saturated carbocycles. The highest BCUT2D eigenvalue weighted by Crippen LogP contribution is 2.11. The third-order valence-corrected chi connectivity index (χ3v) is 3.23. The van der Waals surface area contributed by atoms with Gasteiger partial charge in [-0.05, 0) is 13.8 Å². The van der Waals surface area contributed by atoms with Crippen LogP contribution in [0.15, 0.2) is 5.38 Å². The Morgan fingerprint density at radius 1 is 1.61 bits per heavy atom. The summed E-state index contributed by atoms with van der Waals surface area (Å²) in [6.07, 6.45) is 0.140. The number of aromatic nitrogens is 1. The van der Waals surface area contributed by atoms with Crippen molar-refractivity contribution in [3.05, 3.63) is 11.1 Å². The number of carbonyl (C=O) groups is 2. The lowest BCUT2D eigenvalue weighted by molar-refractivity contribution is -0.134. The Hall–Kier alpha value is -1.63. The average Bonchev–Trinajstić information content (AvgIpc) is 2.72. The molecule has 100 valence electrons. The van der Waals surface area contributed by atoms with E-state index in [9.17, 15) is 9.59 Å². The third-order valence-electron chi connectivity index (χ3n) is 2.51. The van der Waals surface area contributed by atoms with Crippen molar-refractivity contribution in [1.29, 1.82) is 0 Å². The van der Waals surface area contributed by atoms with Crippen molar-refractivity contribution in [2.75, 3.05) is 19.3 Å². The molecule has 0 fully saturated rings. The maximum absolute atomic E-state index is 11.7. The van der Waals surface area contributed by atoms with Crippen molar-refractivity contribution >= 4 is 28.3 Å². The first kappa shape index (κ1) is 14.4. The van der Waals surface area contributed by atoms with Gasteiger partial charge in [0.05, 0.1) is 12.1 Å². The first-order chi connectivity index (χ1) is 8.43. The van der Waals surface area contributed by atoms with Gasteiger partial charge in [-0.2, -0.15) is 0 Å². The number of nitrogens with two attached hydrogens (primary N) is 1. The molecule has 0 aromatic carbocycles. The van der Waals surface area contributed by atoms with Crippen molar-refractivity contribution < 1.29 is 9.59 Å². The largest absolute Gasteiger partial charge is 0.375 e. The summed E-state index contributed by atoms with van der Waals surface area (Å²) in [5.41, 5.74) is 6.10. The summed E-state index contributed by atoms with van der Waals surface area (Å²) < 4.78 is 0. The normalized spacial score (nSPS) is 11.9. The molecule has 1 aromatic rings. The van der Waals surface area contributed by atoms with Crippen LogP contribution in [0.2, 0.25) is 0 Å². The predicted molar refractivity (Wildman–Crippen MR) is 71.1 cm³/mol. The molecule has 2 amide bonds. The fraction of sp³-hybridized carbons (Fsp3) is 0.545. The molecule has 0 radical (unpaired) electrons. The van der Waals surface area contributed by atoms with Gasteiger partial charge in [-0.25, -0.2) is 4.98 Å². The zero-order valence-electron chi connectivity index (χ0n) is 10.8. The van der Waals surface area contributed by atoms with Crippen LogP contribution in [0.1, 0.15) is 19.5 Å². The summed E-state index contributed by atoms with van der Waals surface area (Å²) in [5.74, 6) is -0.339. The third kappa shape index (κ3) is 3.99. The molecular formula is C11H18N4O2S. The standard InChI is InChI=1S/C11H18N4O2S/c1-4-15(3)10(17)7(2)13-9(16)5-8-6-18-11(12)14-8/h6-7H,4-5H2,1-3H3,(H2,12,14)(H,13,16). The van der Waals surface area contributed by atoms with E-state index in [0.717, 1.165) is 0 Å². The molecule has 3 N–H and O–H groups in total. The Morgan fingerprint density at radius 2 is 2.28 bits per heavy atom. The molecule has 0 bridgehead atoms. The maximum Gasteiger partial charge on any atom is 0.244 e. The van der Waals surface area contributed by atoms with Crippen LogP contribution in [-0.4, -0.2) is 41.3 Å². The minimum Gasteiger partial charge on any atom is -0.375 e. The van der Waals surface area contributed by atoms with Crippen LogP contribution in [0.3, 0.4) is 0 Å². The number of nitrogens with one attached hydrogen (secondary N) is 1. The Morgan fingerprint density at radius 3 is 2.78 bits per heavy atom. The van der Waals surface area contributed by atoms with E-state index in [4.69, 9.17) is 5.73 Å². The molecule has 1 atom stereocenters. The van der Waals surface area contributed by atoms with E-state index in [1.165, 1.54) is 11.3 Å². The average molecular weight is 270 g/mol. The Kier molecular flexibility index (Phi) is 5.08. The number of amides is 2. The molecule has 1 rings (SSSR count). The lowest BCUT2D eigenvalue weighted by atomic mass is 10.2. The molecule has 6 nitrogen and oxygen atoms in total. The number of likely N-dealkylation sites (N-methyl/N-ethyl adjacent to an activating group) is 1. The molecule has 18 heavy (non-hydrogen) atoms. The van der Waals surface area contributed by atoms with Gasteiger partial charge in [0.25, 0.3) is 0 Å². The van der Waals surface area contributed by atoms with Gasteiger partial charge in [0.2, 0.25) is 11.8 Å². The lowest BCUT2D eigenvalue weighted by Crippen LogP contribution is -2.45. The highest BCUT2D eigenvalue weighted by atomic mass is 32.1. The minimum absolute atomic E-state index is 0.108. The van der Waals surface area contributed by atoms with Crippen molar-refractivity contribution in [3.8, 4) is 0 Å². The zero-order chi connectivity index (χ0) is 13.7. The molecule has 0 aliphatic rings. The molecule has 0 aliphatic carbocycles. The monoisotopic (exact) mass is 270 g/mol. The summed E-state index contributed by atoms with van der Waals surface area (Å²) in [6, 6.07) is -0.529. The van der Waals surface area contributed by atoms with Crippen LogP contribution in [0.4, 0.5) is 5.13 Å². The van der Waals surface area contributed by atoms with Crippen molar-refractivity contribution in [2.24, 2.45) is 0 Å². The molecule has 7 heteroatoms. The van der Waals surface area contributed by atoms with E-state index in [-0.39, 0.29) is 18.2 Å². The summed E-state index contributed by atoms with van der Waals surface area (Å²) >= 11 is 1.29. The molecule has 0 aliphatic heterocycles. The first-order valence-corrected chi connectivity index (χ1v) is 6.56. The van der Waals surface area contributed by atoms with Gasteiger partial charge in [-0.3, -0.25) is 9.59 Å². The fourth-order valence-electron chi connectivity index (χ4n) is 1.41. The van der Waals surface area contributed by atoms with Gasteiger partial charge in [0.15, 0.2) is 5.13 Å². The number of thiazole rings is 1. The number of hydrogen-bond acceptors (Lipinski definition) is 5. The molecular weight excluding hydrogens is 252 g/mol. The van der Waals surface area contributed by atoms with Crippen LogP contribution in [0.25, 0.3) is 0 Å². The first-order valence-electron chi connectivity index (χ1n) is 5.68. The van der Waals surface area contributed by atoms with E-state index in [1.807, 2.05) is 6.92 Å². The highest BCUT2D eigenvalue weighted by Gasteiger charge is 2.18. The summed E-state index contributed by atoms with van der Waals surface area (Å²) in [7, 11) is 1.70. The fourth-order valence-corrected chi connectivity index (χ4v) is 1.97. The van der Waals surface area contributed by atoms with Gasteiger partial charge in [-0.15, -0.1) is 11.3 Å². The smallest absolute Gasteiger partial charge is 0.244 e. The van der Waals surface area contributed by atoms with Gasteiger partial charge in [-0.1, -0.05) is 0 Å². The molecule has 1 heterocycles. The number of rotatable bonds is 5. The van der Waals surface area contributed by atoms with E-state index in [2.05, 4.69) is 10.3 Å². The van der Waals surface area contributed by atoms with E-state index in [0.29, 0.717) is 17.4 Å². The van der Waals surface area contributed by atoms with E-state index in [1.54, 1.807) is 24.3 Å². The van der Waals surface area contributed by atoms with Gasteiger partial charge >= 0.3 is 0 Å². The molecule has 1 unspecified atom stereocenters. The maximum atomic E-state index is 11.7. The molecule has 1 aromatic heterocycles. The van der Waals surface area contributed by atoms with Crippen LogP contribution < -0.4 is 11.1 Å². The van der Waals surface area contributed by atoms with Gasteiger partial charge in [0, 0.05) is 19.0 Å². The number of carbonyl (C=O) groups excluding carboxylic acids is 2. The van der Waals surface area contributed by atoms with Gasteiger partial charge in [0.1, 0.15) is 6.04 Å². The van der Waals surface area contributed by atoms with Crippen molar-refractivity contribution in [2.45, 2.75) is 26.3 Å². The summed E-state index contributed by atoms with van der Waals surface area (Å²) in [6.45, 7) is 4.16. The Labute approximate surface area is 110 Å².